The van der Waals surface area contributed by atoms with E-state index in [4.69, 9.17) is 9.47 Å². The summed E-state index contributed by atoms with van der Waals surface area (Å²) in [4.78, 5) is 28.2. The Morgan fingerprint density at radius 3 is 2.21 bits per heavy atom. The van der Waals surface area contributed by atoms with Crippen molar-refractivity contribution in [3.8, 4) is 11.5 Å². The molecule has 0 aliphatic carbocycles. The summed E-state index contributed by atoms with van der Waals surface area (Å²) in [6.07, 6.45) is 0.337. The van der Waals surface area contributed by atoms with Crippen LogP contribution < -0.4 is 19.1 Å². The maximum Gasteiger partial charge on any atom is 0.264 e. The molecule has 9 nitrogen and oxygen atoms in total. The van der Waals surface area contributed by atoms with Gasteiger partial charge in [-0.15, -0.1) is 0 Å². The standard InChI is InChI=1S/C29H35N3O6S/c1-5-27(29(34)30-3)31(20-22-11-10-12-25(19-22)37-4)28(33)21-32(23-15-17-24(18-16-23)38-6-2)39(35,36)26-13-8-7-9-14-26/h7-19,27H,5-6,20-21H2,1-4H3,(H,30,34)/t27-/m0/s1. The van der Waals surface area contributed by atoms with Gasteiger partial charge in [-0.2, -0.15) is 0 Å². The lowest BCUT2D eigenvalue weighted by Gasteiger charge is -2.33. The van der Waals surface area contributed by atoms with Crippen molar-refractivity contribution in [1.82, 2.24) is 10.2 Å². The Labute approximate surface area is 230 Å². The first-order valence-corrected chi connectivity index (χ1v) is 14.1. The molecule has 0 bridgehead atoms. The van der Waals surface area contributed by atoms with Gasteiger partial charge in [-0.05, 0) is 67.4 Å². The van der Waals surface area contributed by atoms with E-state index in [1.165, 1.54) is 24.1 Å². The normalized spacial score (nSPS) is 11.8. The number of carbonyl (C=O) groups excluding carboxylic acids is 2. The van der Waals surface area contributed by atoms with Gasteiger partial charge in [0.05, 0.1) is 24.3 Å². The average Bonchev–Trinajstić information content (AvgIpc) is 2.96. The van der Waals surface area contributed by atoms with Crippen LogP contribution in [-0.2, 0) is 26.2 Å². The minimum absolute atomic E-state index is 0.0457. The summed E-state index contributed by atoms with van der Waals surface area (Å²) in [5.74, 6) is 0.319. The lowest BCUT2D eigenvalue weighted by atomic mass is 10.1. The van der Waals surface area contributed by atoms with Gasteiger partial charge in [-0.3, -0.25) is 13.9 Å². The fourth-order valence-corrected chi connectivity index (χ4v) is 5.61. The van der Waals surface area contributed by atoms with Gasteiger partial charge in [0.15, 0.2) is 0 Å². The van der Waals surface area contributed by atoms with E-state index < -0.39 is 28.5 Å². The molecular weight excluding hydrogens is 518 g/mol. The number of methoxy groups -OCH3 is 1. The maximum absolute atomic E-state index is 13.9. The first-order valence-electron chi connectivity index (χ1n) is 12.7. The van der Waals surface area contributed by atoms with E-state index in [0.29, 0.717) is 30.2 Å². The van der Waals surface area contributed by atoms with Crippen molar-refractivity contribution in [2.24, 2.45) is 0 Å². The van der Waals surface area contributed by atoms with Gasteiger partial charge >= 0.3 is 0 Å². The largest absolute Gasteiger partial charge is 0.497 e. The number of amides is 2. The number of nitrogens with zero attached hydrogens (tertiary/aromatic N) is 2. The van der Waals surface area contributed by atoms with Crippen LogP contribution in [-0.4, -0.2) is 58.5 Å². The third kappa shape index (κ3) is 7.29. The van der Waals surface area contributed by atoms with Crippen molar-refractivity contribution in [1.29, 1.82) is 0 Å². The number of hydrogen-bond acceptors (Lipinski definition) is 6. The summed E-state index contributed by atoms with van der Waals surface area (Å²) in [5, 5.41) is 2.62. The van der Waals surface area contributed by atoms with E-state index in [-0.39, 0.29) is 17.3 Å². The monoisotopic (exact) mass is 553 g/mol. The first kappa shape index (κ1) is 29.5. The van der Waals surface area contributed by atoms with Crippen LogP contribution in [0.25, 0.3) is 0 Å². The zero-order valence-corrected chi connectivity index (χ0v) is 23.5. The van der Waals surface area contributed by atoms with Crippen LogP contribution >= 0.6 is 0 Å². The van der Waals surface area contributed by atoms with Crippen molar-refractivity contribution in [2.45, 2.75) is 37.8 Å². The molecule has 3 aromatic rings. The van der Waals surface area contributed by atoms with E-state index in [1.807, 2.05) is 13.0 Å². The van der Waals surface area contributed by atoms with Gasteiger partial charge in [0.2, 0.25) is 11.8 Å². The highest BCUT2D eigenvalue weighted by molar-refractivity contribution is 7.92. The van der Waals surface area contributed by atoms with E-state index in [9.17, 15) is 18.0 Å². The molecule has 0 spiro atoms. The number of hydrogen-bond donors (Lipinski definition) is 1. The molecule has 2 amide bonds. The summed E-state index contributed by atoms with van der Waals surface area (Å²) in [6.45, 7) is 3.69. The van der Waals surface area contributed by atoms with Crippen LogP contribution in [0.5, 0.6) is 11.5 Å². The molecule has 0 aliphatic heterocycles. The molecule has 39 heavy (non-hydrogen) atoms. The van der Waals surface area contributed by atoms with Crippen LogP contribution in [0.15, 0.2) is 83.8 Å². The predicted octanol–water partition coefficient (Wildman–Crippen LogP) is 3.84. The molecule has 0 saturated carbocycles. The Balaban J connectivity index is 2.05. The molecule has 1 atom stereocenters. The minimum atomic E-state index is -4.13. The summed E-state index contributed by atoms with van der Waals surface area (Å²) < 4.78 is 39.5. The number of likely N-dealkylation sites (N-methyl/N-ethyl adjacent to an activating group) is 1. The number of carbonyl (C=O) groups is 2. The van der Waals surface area contributed by atoms with Crippen LogP contribution in [0.1, 0.15) is 25.8 Å². The number of ether oxygens (including phenoxy) is 2. The van der Waals surface area contributed by atoms with Gasteiger partial charge in [0.25, 0.3) is 10.0 Å². The topological polar surface area (TPSA) is 105 Å². The van der Waals surface area contributed by atoms with E-state index in [0.717, 1.165) is 9.87 Å². The maximum atomic E-state index is 13.9. The van der Waals surface area contributed by atoms with Crippen molar-refractivity contribution in [2.75, 3.05) is 31.6 Å². The fraction of sp³-hybridized carbons (Fsp3) is 0.310. The van der Waals surface area contributed by atoms with Gasteiger partial charge in [0.1, 0.15) is 24.1 Å². The Bertz CT molecular complexity index is 1350. The van der Waals surface area contributed by atoms with Crippen LogP contribution in [0, 0.1) is 0 Å². The summed E-state index contributed by atoms with van der Waals surface area (Å²) >= 11 is 0. The molecule has 0 aromatic heterocycles. The number of anilines is 1. The number of nitrogens with one attached hydrogen (secondary N) is 1. The predicted molar refractivity (Wildman–Crippen MR) is 150 cm³/mol. The summed E-state index contributed by atoms with van der Waals surface area (Å²) in [7, 11) is -1.07. The first-order chi connectivity index (χ1) is 18.7. The number of rotatable bonds is 13. The second kappa shape index (κ2) is 13.7. The molecule has 0 radical (unpaired) electrons. The second-order valence-electron chi connectivity index (χ2n) is 8.66. The zero-order chi connectivity index (χ0) is 28.4. The molecule has 3 aromatic carbocycles. The molecule has 0 saturated heterocycles. The molecule has 208 valence electrons. The second-order valence-corrected chi connectivity index (χ2v) is 10.5. The molecule has 0 unspecified atom stereocenters. The zero-order valence-electron chi connectivity index (χ0n) is 22.7. The Hall–Kier alpha value is -4.05. The molecule has 0 heterocycles. The third-order valence-corrected chi connectivity index (χ3v) is 7.95. The van der Waals surface area contributed by atoms with E-state index in [1.54, 1.807) is 74.7 Å². The molecule has 3 rings (SSSR count). The Kier molecular flexibility index (Phi) is 10.3. The number of sulfonamides is 1. The van der Waals surface area contributed by atoms with Crippen molar-refractivity contribution < 1.29 is 27.5 Å². The van der Waals surface area contributed by atoms with Crippen LogP contribution in [0.2, 0.25) is 0 Å². The Morgan fingerprint density at radius 2 is 1.62 bits per heavy atom. The summed E-state index contributed by atoms with van der Waals surface area (Å²) in [6, 6.07) is 20.8. The minimum Gasteiger partial charge on any atom is -0.497 e. The van der Waals surface area contributed by atoms with Gasteiger partial charge in [-0.25, -0.2) is 8.42 Å². The smallest absolute Gasteiger partial charge is 0.264 e. The highest BCUT2D eigenvalue weighted by Gasteiger charge is 2.33. The van der Waals surface area contributed by atoms with E-state index >= 15 is 0 Å². The molecule has 0 fully saturated rings. The van der Waals surface area contributed by atoms with E-state index in [2.05, 4.69) is 5.32 Å². The Morgan fingerprint density at radius 1 is 0.923 bits per heavy atom. The van der Waals surface area contributed by atoms with Crippen molar-refractivity contribution in [3.63, 3.8) is 0 Å². The molecule has 10 heteroatoms. The van der Waals surface area contributed by atoms with Gasteiger partial charge in [0, 0.05) is 13.6 Å². The fourth-order valence-electron chi connectivity index (χ4n) is 4.18. The highest BCUT2D eigenvalue weighted by atomic mass is 32.2. The third-order valence-electron chi connectivity index (χ3n) is 6.17. The average molecular weight is 554 g/mol. The van der Waals surface area contributed by atoms with Crippen molar-refractivity contribution >= 4 is 27.5 Å². The molecule has 1 N–H and O–H groups in total. The number of benzene rings is 3. The summed E-state index contributed by atoms with van der Waals surface area (Å²) in [5.41, 5.74) is 1.04. The van der Waals surface area contributed by atoms with Crippen LogP contribution in [0.3, 0.4) is 0 Å². The van der Waals surface area contributed by atoms with Crippen LogP contribution in [0.4, 0.5) is 5.69 Å². The van der Waals surface area contributed by atoms with Crippen molar-refractivity contribution in [3.05, 3.63) is 84.4 Å². The highest BCUT2D eigenvalue weighted by Crippen LogP contribution is 2.27. The lowest BCUT2D eigenvalue weighted by Crippen LogP contribution is -2.51. The molecular formula is C29H35N3O6S. The SMILES string of the molecule is CCOc1ccc(N(CC(=O)N(Cc2cccc(OC)c2)[C@@H](CC)C(=O)NC)S(=O)(=O)c2ccccc2)cc1. The van der Waals surface area contributed by atoms with Gasteiger partial charge in [-0.1, -0.05) is 37.3 Å². The quantitative estimate of drug-likeness (QED) is 0.345. The molecule has 0 aliphatic rings. The lowest BCUT2D eigenvalue weighted by molar-refractivity contribution is -0.140. The van der Waals surface area contributed by atoms with Gasteiger partial charge < -0.3 is 19.7 Å².